The number of rotatable bonds is 4. The van der Waals surface area contributed by atoms with E-state index in [4.69, 9.17) is 28.4 Å². The Morgan fingerprint density at radius 3 is 1.54 bits per heavy atom. The minimum absolute atomic E-state index is 0.00565. The molecule has 0 spiro atoms. The molecule has 2 aliphatic heterocycles. The molecule has 3 N–H and O–H groups in total. The quantitative estimate of drug-likeness (QED) is 0.184. The van der Waals surface area contributed by atoms with Crippen molar-refractivity contribution < 1.29 is 43.7 Å². The molecule has 5 rings (SSSR count). The van der Waals surface area contributed by atoms with Crippen LogP contribution in [0.4, 0.5) is 0 Å². The molecule has 2 aliphatic rings. The fourth-order valence-electron chi connectivity index (χ4n) is 6.68. The van der Waals surface area contributed by atoms with Gasteiger partial charge in [-0.15, -0.1) is 6.58 Å². The molecule has 0 aromatic heterocycles. The molecule has 3 aromatic rings. The van der Waals surface area contributed by atoms with Gasteiger partial charge in [0.05, 0.1) is 72.7 Å². The molecule has 0 aliphatic carbocycles. The molecule has 0 amide bonds. The Hall–Kier alpha value is -3.52. The Balaban J connectivity index is 1.61. The summed E-state index contributed by atoms with van der Waals surface area (Å²) in [6, 6.07) is 11.5. The number of phenols is 3. The van der Waals surface area contributed by atoms with Crippen LogP contribution in [-0.4, -0.2) is 130 Å². The number of aryl methyl sites for hydroxylation is 3. The van der Waals surface area contributed by atoms with Gasteiger partial charge in [0, 0.05) is 72.6 Å². The summed E-state index contributed by atoms with van der Waals surface area (Å²) in [4.78, 5) is 4.37. The fraction of sp³-hybridized carbons (Fsp3) is 0.512. The van der Waals surface area contributed by atoms with Gasteiger partial charge in [-0.3, -0.25) is 9.80 Å². The first-order valence-electron chi connectivity index (χ1n) is 18.3. The standard InChI is InChI=1S/C41H56N2O9/c1-5-10-50-27-34-28-51-13-8-42-6-11-47-15-17-49-18-16-48-12-7-43(9-14-52-34)26-33-20-30(3)22-36(40(33)45)38-24-31(4)23-37(41(38)46)35-21-29(2)19-32(25-42)39(35)44/h5,19-24,34,44-46H,1,6-18,25-28H2,2-4H3. The molecular formula is C41H56N2O9. The molecule has 11 heteroatoms. The largest absolute Gasteiger partial charge is 0.507 e. The number of benzene rings is 3. The maximum absolute atomic E-state index is 11.9. The van der Waals surface area contributed by atoms with E-state index in [0.29, 0.717) is 134 Å². The van der Waals surface area contributed by atoms with Gasteiger partial charge in [-0.25, -0.2) is 0 Å². The molecule has 1 fully saturated rings. The minimum atomic E-state index is -0.296. The second-order valence-corrected chi connectivity index (χ2v) is 13.6. The maximum atomic E-state index is 11.9. The summed E-state index contributed by atoms with van der Waals surface area (Å²) in [5.41, 5.74) is 6.26. The number of fused-ring (bicyclic) bond motifs is 17. The predicted molar refractivity (Wildman–Crippen MR) is 201 cm³/mol. The van der Waals surface area contributed by atoms with Crippen molar-refractivity contribution >= 4 is 0 Å². The van der Waals surface area contributed by atoms with E-state index < -0.39 is 0 Å². The van der Waals surface area contributed by atoms with E-state index >= 15 is 0 Å². The van der Waals surface area contributed by atoms with E-state index in [1.54, 1.807) is 6.08 Å². The van der Waals surface area contributed by atoms with Gasteiger partial charge in [-0.1, -0.05) is 18.2 Å². The summed E-state index contributed by atoms with van der Waals surface area (Å²) >= 11 is 0. The van der Waals surface area contributed by atoms with Crippen molar-refractivity contribution in [2.45, 2.75) is 40.0 Å². The van der Waals surface area contributed by atoms with Crippen LogP contribution in [0.5, 0.6) is 17.2 Å². The Morgan fingerprint density at radius 2 is 1.04 bits per heavy atom. The van der Waals surface area contributed by atoms with Crippen molar-refractivity contribution in [3.8, 4) is 39.5 Å². The third-order valence-electron chi connectivity index (χ3n) is 9.29. The van der Waals surface area contributed by atoms with Crippen LogP contribution in [-0.2, 0) is 41.5 Å². The molecule has 1 saturated heterocycles. The van der Waals surface area contributed by atoms with Crippen molar-refractivity contribution in [3.05, 3.63) is 76.9 Å². The van der Waals surface area contributed by atoms with Gasteiger partial charge in [0.15, 0.2) is 0 Å². The fourth-order valence-corrected chi connectivity index (χ4v) is 6.68. The first kappa shape index (κ1) is 39.7. The number of nitrogens with zero attached hydrogens (tertiary/aromatic N) is 2. The molecule has 3 atom stereocenters. The zero-order chi connectivity index (χ0) is 36.9. The van der Waals surface area contributed by atoms with Crippen LogP contribution in [0.25, 0.3) is 22.3 Å². The van der Waals surface area contributed by atoms with Crippen molar-refractivity contribution in [2.24, 2.45) is 0 Å². The van der Waals surface area contributed by atoms with Crippen molar-refractivity contribution in [1.82, 2.24) is 9.80 Å². The summed E-state index contributed by atoms with van der Waals surface area (Å²) in [5.74, 6) is 0.181. The predicted octanol–water partition coefficient (Wildman–Crippen LogP) is 5.35. The normalized spacial score (nSPS) is 21.7. The first-order chi connectivity index (χ1) is 25.2. The summed E-state index contributed by atoms with van der Waals surface area (Å²) < 4.78 is 35.9. The smallest absolute Gasteiger partial charge is 0.131 e. The minimum Gasteiger partial charge on any atom is -0.507 e. The highest BCUT2D eigenvalue weighted by molar-refractivity contribution is 5.88. The zero-order valence-corrected chi connectivity index (χ0v) is 31.0. The average Bonchev–Trinajstić information content (AvgIpc) is 3.11. The van der Waals surface area contributed by atoms with Gasteiger partial charge in [-0.05, 0) is 61.7 Å². The lowest BCUT2D eigenvalue weighted by atomic mass is 9.90. The highest BCUT2D eigenvalue weighted by Gasteiger charge is 2.23. The Morgan fingerprint density at radius 1 is 0.615 bits per heavy atom. The highest BCUT2D eigenvalue weighted by atomic mass is 16.6. The molecule has 3 aromatic carbocycles. The summed E-state index contributed by atoms with van der Waals surface area (Å²) in [6.07, 6.45) is 1.42. The molecule has 2 heterocycles. The Labute approximate surface area is 308 Å². The van der Waals surface area contributed by atoms with Crippen LogP contribution in [0.3, 0.4) is 0 Å². The summed E-state index contributed by atoms with van der Waals surface area (Å²) in [7, 11) is 0. The lowest BCUT2D eigenvalue weighted by molar-refractivity contribution is -0.0637. The van der Waals surface area contributed by atoms with E-state index in [2.05, 4.69) is 16.4 Å². The van der Waals surface area contributed by atoms with Gasteiger partial charge < -0.3 is 43.7 Å². The molecular weight excluding hydrogens is 664 g/mol. The number of hydrogen-bond donors (Lipinski definition) is 3. The monoisotopic (exact) mass is 720 g/mol. The second kappa shape index (κ2) is 20.1. The zero-order valence-electron chi connectivity index (χ0n) is 31.0. The number of phenolic OH excluding ortho intramolecular Hbond substituents is 3. The van der Waals surface area contributed by atoms with Crippen LogP contribution < -0.4 is 0 Å². The van der Waals surface area contributed by atoms with Crippen molar-refractivity contribution in [3.63, 3.8) is 0 Å². The van der Waals surface area contributed by atoms with Crippen LogP contribution in [0.15, 0.2) is 49.1 Å². The Kier molecular flexibility index (Phi) is 15.3. The van der Waals surface area contributed by atoms with Crippen LogP contribution in [0.1, 0.15) is 27.8 Å². The lowest BCUT2D eigenvalue weighted by Gasteiger charge is -2.26. The van der Waals surface area contributed by atoms with E-state index in [1.165, 1.54) is 0 Å². The van der Waals surface area contributed by atoms with Gasteiger partial charge in [0.1, 0.15) is 23.4 Å². The third kappa shape index (κ3) is 11.2. The van der Waals surface area contributed by atoms with Crippen molar-refractivity contribution in [1.29, 1.82) is 0 Å². The SMILES string of the molecule is C=CCOCC1COCCN2CCOCCOCCOCCN(CCO1)Cc1cc(C)cc(c1O)-c1cc(C)cc(c1O)-c1cc(C)cc(c1O)C2. The van der Waals surface area contributed by atoms with Gasteiger partial charge in [0.2, 0.25) is 0 Å². The average molecular weight is 721 g/mol. The van der Waals surface area contributed by atoms with E-state index in [-0.39, 0.29) is 23.4 Å². The summed E-state index contributed by atoms with van der Waals surface area (Å²) in [5, 5.41) is 35.6. The van der Waals surface area contributed by atoms with E-state index in [0.717, 1.165) is 27.8 Å². The molecule has 0 saturated carbocycles. The van der Waals surface area contributed by atoms with Crippen LogP contribution in [0.2, 0.25) is 0 Å². The van der Waals surface area contributed by atoms with Crippen molar-refractivity contribution in [2.75, 3.05) is 98.9 Å². The first-order valence-corrected chi connectivity index (χ1v) is 18.3. The molecule has 52 heavy (non-hydrogen) atoms. The van der Waals surface area contributed by atoms with E-state index in [9.17, 15) is 15.3 Å². The molecule has 3 unspecified atom stereocenters. The molecule has 8 bridgehead atoms. The van der Waals surface area contributed by atoms with Gasteiger partial charge in [-0.2, -0.15) is 0 Å². The molecule has 0 radical (unpaired) electrons. The second-order valence-electron chi connectivity index (χ2n) is 13.6. The maximum Gasteiger partial charge on any atom is 0.131 e. The Bertz CT molecular complexity index is 1610. The number of ether oxygens (including phenoxy) is 6. The third-order valence-corrected chi connectivity index (χ3v) is 9.29. The van der Waals surface area contributed by atoms with Gasteiger partial charge in [0.25, 0.3) is 0 Å². The van der Waals surface area contributed by atoms with E-state index in [1.807, 2.05) is 57.2 Å². The topological polar surface area (TPSA) is 123 Å². The highest BCUT2D eigenvalue weighted by Crippen LogP contribution is 2.46. The summed E-state index contributed by atoms with van der Waals surface area (Å²) in [6.45, 7) is 17.6. The molecule has 11 nitrogen and oxygen atoms in total. The number of hydrogen-bond acceptors (Lipinski definition) is 11. The van der Waals surface area contributed by atoms with Crippen LogP contribution >= 0.6 is 0 Å². The number of aromatic hydroxyl groups is 3. The lowest BCUT2D eigenvalue weighted by Crippen LogP contribution is -2.35. The molecule has 284 valence electrons. The van der Waals surface area contributed by atoms with Gasteiger partial charge >= 0.3 is 0 Å². The van der Waals surface area contributed by atoms with Crippen LogP contribution in [0, 0.1) is 20.8 Å².